The number of amides is 3. The van der Waals surface area contributed by atoms with Gasteiger partial charge in [-0.2, -0.15) is 0 Å². The summed E-state index contributed by atoms with van der Waals surface area (Å²) in [5.41, 5.74) is 4.00. The van der Waals surface area contributed by atoms with Crippen LogP contribution in [0.25, 0.3) is 22.6 Å². The molecular formula is C30H23N3O5. The molecule has 3 heterocycles. The maximum Gasteiger partial charge on any atom is 0.257 e. The van der Waals surface area contributed by atoms with E-state index in [-0.39, 0.29) is 24.8 Å². The Balaban J connectivity index is 1.28. The third kappa shape index (κ3) is 4.26. The van der Waals surface area contributed by atoms with Crippen LogP contribution in [-0.4, -0.2) is 33.6 Å². The number of carbonyl (C=O) groups excluding carboxylic acids is 3. The van der Waals surface area contributed by atoms with Gasteiger partial charge >= 0.3 is 0 Å². The van der Waals surface area contributed by atoms with Crippen LogP contribution in [0.1, 0.15) is 28.1 Å². The van der Waals surface area contributed by atoms with Crippen LogP contribution in [0.2, 0.25) is 0 Å². The molecule has 3 amide bonds. The predicted molar refractivity (Wildman–Crippen MR) is 140 cm³/mol. The Morgan fingerprint density at radius 1 is 0.974 bits per heavy atom. The Kier molecular flexibility index (Phi) is 5.84. The fourth-order valence-electron chi connectivity index (χ4n) is 4.64. The number of oxazole rings is 1. The van der Waals surface area contributed by atoms with Crippen molar-refractivity contribution in [2.45, 2.75) is 25.9 Å². The van der Waals surface area contributed by atoms with Crippen LogP contribution in [0.4, 0.5) is 5.69 Å². The number of furan rings is 1. The lowest BCUT2D eigenvalue weighted by atomic mass is 10.1. The van der Waals surface area contributed by atoms with Crippen LogP contribution in [0.3, 0.4) is 0 Å². The van der Waals surface area contributed by atoms with Gasteiger partial charge in [-0.3, -0.25) is 14.4 Å². The first-order valence-corrected chi connectivity index (χ1v) is 12.2. The lowest BCUT2D eigenvalue weighted by Crippen LogP contribution is -2.45. The Morgan fingerprint density at radius 2 is 1.74 bits per heavy atom. The molecule has 1 unspecified atom stereocenters. The van der Waals surface area contributed by atoms with Crippen molar-refractivity contribution >= 4 is 34.5 Å². The molecule has 0 aliphatic carbocycles. The number of imide groups is 1. The molecule has 0 bridgehead atoms. The zero-order valence-electron chi connectivity index (χ0n) is 20.5. The molecule has 0 spiro atoms. The lowest BCUT2D eigenvalue weighted by molar-refractivity contribution is -0.122. The molecule has 0 radical (unpaired) electrons. The smallest absolute Gasteiger partial charge is 0.257 e. The summed E-state index contributed by atoms with van der Waals surface area (Å²) in [7, 11) is 0. The van der Waals surface area contributed by atoms with E-state index in [1.165, 1.54) is 11.2 Å². The van der Waals surface area contributed by atoms with Crippen LogP contribution in [0, 0.1) is 6.92 Å². The van der Waals surface area contributed by atoms with Gasteiger partial charge in [-0.25, -0.2) is 9.88 Å². The second-order valence-electron chi connectivity index (χ2n) is 9.20. The van der Waals surface area contributed by atoms with Crippen LogP contribution >= 0.6 is 0 Å². The number of hydrogen-bond donors (Lipinski definition) is 0. The van der Waals surface area contributed by atoms with E-state index in [1.807, 2.05) is 43.3 Å². The van der Waals surface area contributed by atoms with Crippen molar-refractivity contribution in [1.82, 2.24) is 9.88 Å². The molecule has 1 aliphatic heterocycles. The number of fused-ring (bicyclic) bond motifs is 1. The van der Waals surface area contributed by atoms with Gasteiger partial charge in [0, 0.05) is 11.1 Å². The first kappa shape index (κ1) is 23.4. The Labute approximate surface area is 218 Å². The van der Waals surface area contributed by atoms with Crippen molar-refractivity contribution in [3.8, 4) is 11.5 Å². The number of rotatable bonds is 6. The van der Waals surface area contributed by atoms with Crippen molar-refractivity contribution in [2.75, 3.05) is 4.90 Å². The number of aryl methyl sites for hydroxylation is 1. The zero-order chi connectivity index (χ0) is 26.2. The van der Waals surface area contributed by atoms with Gasteiger partial charge in [0.25, 0.3) is 11.8 Å². The largest absolute Gasteiger partial charge is 0.467 e. The molecule has 0 N–H and O–H groups in total. The molecule has 1 atom stereocenters. The van der Waals surface area contributed by atoms with E-state index in [9.17, 15) is 14.4 Å². The summed E-state index contributed by atoms with van der Waals surface area (Å²) in [6.07, 6.45) is 1.39. The monoisotopic (exact) mass is 505 g/mol. The summed E-state index contributed by atoms with van der Waals surface area (Å²) in [4.78, 5) is 47.3. The number of anilines is 1. The van der Waals surface area contributed by atoms with E-state index in [0.29, 0.717) is 28.5 Å². The summed E-state index contributed by atoms with van der Waals surface area (Å²) in [5.74, 6) is -0.219. The molecule has 3 aromatic carbocycles. The highest BCUT2D eigenvalue weighted by atomic mass is 16.3. The minimum atomic E-state index is -0.960. The number of carbonyl (C=O) groups is 3. The maximum atomic E-state index is 13.6. The van der Waals surface area contributed by atoms with Gasteiger partial charge in [-0.05, 0) is 67.6 Å². The van der Waals surface area contributed by atoms with Gasteiger partial charge < -0.3 is 13.7 Å². The summed E-state index contributed by atoms with van der Waals surface area (Å²) in [6, 6.07) is 24.0. The zero-order valence-corrected chi connectivity index (χ0v) is 20.5. The van der Waals surface area contributed by atoms with E-state index in [2.05, 4.69) is 4.98 Å². The average Bonchev–Trinajstić information content (AvgIpc) is 3.67. The number of hydrogen-bond acceptors (Lipinski definition) is 6. The van der Waals surface area contributed by atoms with Gasteiger partial charge in [0.2, 0.25) is 11.8 Å². The molecule has 0 saturated carbocycles. The molecule has 2 aromatic heterocycles. The van der Waals surface area contributed by atoms with Gasteiger partial charge in [0.15, 0.2) is 5.58 Å². The fraction of sp³-hybridized carbons (Fsp3) is 0.133. The topological polar surface area (TPSA) is 96.9 Å². The summed E-state index contributed by atoms with van der Waals surface area (Å²) in [5, 5.41) is 0. The van der Waals surface area contributed by atoms with Crippen molar-refractivity contribution in [2.24, 2.45) is 0 Å². The van der Waals surface area contributed by atoms with Crippen LogP contribution in [0.5, 0.6) is 0 Å². The van der Waals surface area contributed by atoms with Gasteiger partial charge in [0.05, 0.1) is 24.9 Å². The van der Waals surface area contributed by atoms with Crippen LogP contribution < -0.4 is 4.90 Å². The van der Waals surface area contributed by atoms with Crippen molar-refractivity contribution < 1.29 is 23.2 Å². The Morgan fingerprint density at radius 3 is 2.45 bits per heavy atom. The minimum Gasteiger partial charge on any atom is -0.467 e. The van der Waals surface area contributed by atoms with Gasteiger partial charge in [0.1, 0.15) is 17.3 Å². The van der Waals surface area contributed by atoms with E-state index in [0.717, 1.165) is 21.5 Å². The second-order valence-corrected chi connectivity index (χ2v) is 9.20. The highest BCUT2D eigenvalue weighted by molar-refractivity contribution is 6.23. The fourth-order valence-corrected chi connectivity index (χ4v) is 4.64. The van der Waals surface area contributed by atoms with E-state index in [4.69, 9.17) is 8.83 Å². The van der Waals surface area contributed by atoms with Gasteiger partial charge in [-0.1, -0.05) is 29.8 Å². The third-order valence-electron chi connectivity index (χ3n) is 6.63. The number of para-hydroxylation sites is 2. The second kappa shape index (κ2) is 9.48. The van der Waals surface area contributed by atoms with E-state index < -0.39 is 11.9 Å². The summed E-state index contributed by atoms with van der Waals surface area (Å²) >= 11 is 0. The molecule has 1 saturated heterocycles. The molecule has 8 nitrogen and oxygen atoms in total. The number of benzene rings is 3. The average molecular weight is 506 g/mol. The molecule has 1 fully saturated rings. The summed E-state index contributed by atoms with van der Waals surface area (Å²) in [6.45, 7) is 2.00. The first-order chi connectivity index (χ1) is 18.5. The van der Waals surface area contributed by atoms with Crippen LogP contribution in [-0.2, 0) is 16.1 Å². The molecule has 1 aliphatic rings. The Hall–Kier alpha value is -4.98. The number of nitrogens with zero attached hydrogens (tertiary/aromatic N) is 3. The quantitative estimate of drug-likeness (QED) is 0.288. The molecular weight excluding hydrogens is 482 g/mol. The first-order valence-electron chi connectivity index (χ1n) is 12.2. The maximum absolute atomic E-state index is 13.6. The van der Waals surface area contributed by atoms with Gasteiger partial charge in [-0.15, -0.1) is 0 Å². The highest BCUT2D eigenvalue weighted by Crippen LogP contribution is 2.31. The normalized spacial score (nSPS) is 15.4. The molecule has 38 heavy (non-hydrogen) atoms. The molecule has 8 heteroatoms. The lowest BCUT2D eigenvalue weighted by Gasteiger charge is -2.27. The molecule has 5 aromatic rings. The van der Waals surface area contributed by atoms with Crippen LogP contribution in [0.15, 0.2) is 100 Å². The van der Waals surface area contributed by atoms with Crippen molar-refractivity contribution in [3.05, 3.63) is 108 Å². The van der Waals surface area contributed by atoms with E-state index >= 15 is 0 Å². The van der Waals surface area contributed by atoms with E-state index in [1.54, 1.807) is 48.5 Å². The summed E-state index contributed by atoms with van der Waals surface area (Å²) < 4.78 is 11.3. The number of aromatic nitrogens is 1. The van der Waals surface area contributed by atoms with Crippen molar-refractivity contribution in [3.63, 3.8) is 0 Å². The minimum absolute atomic E-state index is 0.0634. The highest BCUT2D eigenvalue weighted by Gasteiger charge is 2.44. The third-order valence-corrected chi connectivity index (χ3v) is 6.63. The SMILES string of the molecule is Cc1ccc(C(=O)N(Cc2ccco2)C2CC(=O)N(c3ccc(-c4nc5ccccc5o4)cc3)C2=O)cc1. The standard InChI is InChI=1S/C30H23N3O5/c1-19-8-10-21(11-9-19)29(35)32(18-23-5-4-16-37-23)25-17-27(34)33(30(25)36)22-14-12-20(13-15-22)28-31-24-6-2-3-7-26(24)38-28/h2-16,25H,17-18H2,1H3. The Bertz CT molecular complexity index is 1600. The van der Waals surface area contributed by atoms with Crippen molar-refractivity contribution in [1.29, 1.82) is 0 Å². The predicted octanol–water partition coefficient (Wildman–Crippen LogP) is 5.37. The molecule has 188 valence electrons. The molecule has 6 rings (SSSR count).